The van der Waals surface area contributed by atoms with E-state index in [-0.39, 0.29) is 42.3 Å². The van der Waals surface area contributed by atoms with Crippen molar-refractivity contribution in [1.29, 1.82) is 0 Å². The van der Waals surface area contributed by atoms with E-state index in [9.17, 15) is 33.1 Å². The maximum absolute atomic E-state index is 13.6. The van der Waals surface area contributed by atoms with Crippen LogP contribution in [0.5, 0.6) is 17.2 Å². The first-order valence-corrected chi connectivity index (χ1v) is 11.7. The van der Waals surface area contributed by atoms with Crippen molar-refractivity contribution in [1.82, 2.24) is 0 Å². The minimum atomic E-state index is -4.83. The first kappa shape index (κ1) is 27.9. The summed E-state index contributed by atoms with van der Waals surface area (Å²) in [5.41, 5.74) is 4.22. The zero-order chi connectivity index (χ0) is 25.6. The Bertz CT molecular complexity index is 1010. The largest absolute Gasteiger partial charge is 0.504 e. The van der Waals surface area contributed by atoms with Crippen LogP contribution >= 0.6 is 7.82 Å². The Labute approximate surface area is 193 Å². The first-order valence-electron chi connectivity index (χ1n) is 10.2. The summed E-state index contributed by atoms with van der Waals surface area (Å²) in [5, 5.41) is 28.2. The number of hydrogen-bond acceptors (Lipinski definition) is 7. The van der Waals surface area contributed by atoms with Crippen LogP contribution in [0.2, 0.25) is 0 Å². The lowest BCUT2D eigenvalue weighted by Gasteiger charge is -2.27. The van der Waals surface area contributed by atoms with Gasteiger partial charge in [0.15, 0.2) is 11.5 Å². The fourth-order valence-electron chi connectivity index (χ4n) is 3.07. The third kappa shape index (κ3) is 8.79. The number of alkyl halides is 3. The van der Waals surface area contributed by atoms with Gasteiger partial charge >= 0.3 is 14.0 Å². The van der Waals surface area contributed by atoms with Gasteiger partial charge in [0, 0.05) is 0 Å². The molecule has 2 aromatic rings. The summed E-state index contributed by atoms with van der Waals surface area (Å²) in [6.45, 7) is -1.40. The average molecular weight is 509 g/mol. The summed E-state index contributed by atoms with van der Waals surface area (Å²) < 4.78 is 61.2. The van der Waals surface area contributed by atoms with Gasteiger partial charge in [-0.3, -0.25) is 4.52 Å². The first-order chi connectivity index (χ1) is 15.7. The Balaban J connectivity index is 2.02. The molecule has 34 heavy (non-hydrogen) atoms. The van der Waals surface area contributed by atoms with Gasteiger partial charge in [0.05, 0.1) is 30.9 Å². The highest BCUT2D eigenvalue weighted by Gasteiger charge is 2.35. The van der Waals surface area contributed by atoms with Crippen LogP contribution in [0.25, 0.3) is 0 Å². The van der Waals surface area contributed by atoms with Crippen LogP contribution in [0.1, 0.15) is 29.5 Å². The topological polar surface area (TPSA) is 163 Å². The highest BCUT2D eigenvalue weighted by molar-refractivity contribution is 7.46. The molecule has 2 aromatic carbocycles. The van der Waals surface area contributed by atoms with Crippen molar-refractivity contribution in [2.75, 3.05) is 19.8 Å². The standard InChI is InChI=1S/C21H27F3NO8P/c22-21(23,24)16-10-15(7-8-20(25,12-26)13-33-34(29,30)31)4-6-19(16)32-9-1-2-14-3-5-17(27)18(28)11-14/h3-6,10-11,26-28H,1-2,7-9,12-13,25H2,(H2,29,30,31). The van der Waals surface area contributed by atoms with Crippen LogP contribution in [0.4, 0.5) is 13.2 Å². The zero-order valence-electron chi connectivity index (χ0n) is 18.0. The molecular weight excluding hydrogens is 482 g/mol. The van der Waals surface area contributed by atoms with Crippen molar-refractivity contribution in [2.24, 2.45) is 5.73 Å². The lowest BCUT2D eigenvalue weighted by Crippen LogP contribution is -2.48. The second kappa shape index (κ2) is 11.4. The fourth-order valence-corrected chi connectivity index (χ4v) is 3.49. The predicted octanol–water partition coefficient (Wildman–Crippen LogP) is 2.86. The minimum absolute atomic E-state index is 0.0186. The molecule has 0 aromatic heterocycles. The summed E-state index contributed by atoms with van der Waals surface area (Å²) in [7, 11) is -4.83. The van der Waals surface area contributed by atoms with Crippen molar-refractivity contribution in [3.8, 4) is 17.2 Å². The van der Waals surface area contributed by atoms with E-state index < -0.39 is 38.3 Å². The van der Waals surface area contributed by atoms with E-state index in [0.29, 0.717) is 18.4 Å². The highest BCUT2D eigenvalue weighted by Crippen LogP contribution is 2.38. The van der Waals surface area contributed by atoms with E-state index in [1.165, 1.54) is 24.3 Å². The third-order valence-electron chi connectivity index (χ3n) is 5.00. The molecule has 0 saturated heterocycles. The minimum Gasteiger partial charge on any atom is -0.504 e. The van der Waals surface area contributed by atoms with Crippen molar-refractivity contribution < 1.29 is 52.1 Å². The van der Waals surface area contributed by atoms with E-state index in [0.717, 1.165) is 6.07 Å². The van der Waals surface area contributed by atoms with Crippen LogP contribution in [0.15, 0.2) is 36.4 Å². The molecule has 0 spiro atoms. The number of nitrogens with two attached hydrogens (primary N) is 1. The average Bonchev–Trinajstić information content (AvgIpc) is 2.75. The molecule has 2 rings (SSSR count). The van der Waals surface area contributed by atoms with Gasteiger partial charge in [-0.15, -0.1) is 0 Å². The normalized spacial score (nSPS) is 14.1. The molecule has 0 fully saturated rings. The molecule has 0 saturated carbocycles. The Morgan fingerprint density at radius 2 is 1.62 bits per heavy atom. The maximum atomic E-state index is 13.6. The molecule has 0 aliphatic heterocycles. The fraction of sp³-hybridized carbons (Fsp3) is 0.429. The van der Waals surface area contributed by atoms with E-state index >= 15 is 0 Å². The number of aliphatic hydroxyl groups excluding tert-OH is 1. The van der Waals surface area contributed by atoms with Crippen LogP contribution in [0.3, 0.4) is 0 Å². The molecule has 7 N–H and O–H groups in total. The second-order valence-corrected chi connectivity index (χ2v) is 9.13. The second-order valence-electron chi connectivity index (χ2n) is 7.89. The van der Waals surface area contributed by atoms with Gasteiger partial charge in [0.1, 0.15) is 5.75 Å². The van der Waals surface area contributed by atoms with Gasteiger partial charge in [-0.05, 0) is 61.1 Å². The lowest BCUT2D eigenvalue weighted by molar-refractivity contribution is -0.139. The number of phenolic OH excluding ortho intramolecular Hbond substituents is 2. The summed E-state index contributed by atoms with van der Waals surface area (Å²) in [6, 6.07) is 7.74. The Hall–Kier alpha value is -2.34. The molecule has 1 unspecified atom stereocenters. The van der Waals surface area contributed by atoms with Gasteiger partial charge in [-0.1, -0.05) is 12.1 Å². The molecule has 0 amide bonds. The summed E-state index contributed by atoms with van der Waals surface area (Å²) in [5.74, 6) is -0.921. The van der Waals surface area contributed by atoms with Gasteiger partial charge in [-0.2, -0.15) is 13.2 Å². The van der Waals surface area contributed by atoms with Gasteiger partial charge < -0.3 is 35.6 Å². The van der Waals surface area contributed by atoms with Crippen molar-refractivity contribution >= 4 is 7.82 Å². The monoisotopic (exact) mass is 509 g/mol. The van der Waals surface area contributed by atoms with E-state index in [4.69, 9.17) is 20.3 Å². The Morgan fingerprint density at radius 3 is 2.21 bits per heavy atom. The van der Waals surface area contributed by atoms with Gasteiger partial charge in [0.2, 0.25) is 0 Å². The summed E-state index contributed by atoms with van der Waals surface area (Å²) in [6.07, 6.45) is -4.05. The third-order valence-corrected chi connectivity index (χ3v) is 5.47. The molecule has 0 radical (unpaired) electrons. The highest BCUT2D eigenvalue weighted by atomic mass is 31.2. The predicted molar refractivity (Wildman–Crippen MR) is 115 cm³/mol. The number of rotatable bonds is 12. The summed E-state index contributed by atoms with van der Waals surface area (Å²) >= 11 is 0. The van der Waals surface area contributed by atoms with Crippen molar-refractivity contribution in [3.05, 3.63) is 53.1 Å². The molecule has 9 nitrogen and oxygen atoms in total. The van der Waals surface area contributed by atoms with Crippen LogP contribution < -0.4 is 10.5 Å². The molecule has 0 aliphatic carbocycles. The Morgan fingerprint density at radius 1 is 0.971 bits per heavy atom. The number of benzene rings is 2. The number of aryl methyl sites for hydroxylation is 2. The van der Waals surface area contributed by atoms with Crippen molar-refractivity contribution in [2.45, 2.75) is 37.4 Å². The number of phenols is 2. The number of phosphoric ester groups is 1. The quantitative estimate of drug-likeness (QED) is 0.143. The van der Waals surface area contributed by atoms with Gasteiger partial charge in [0.25, 0.3) is 0 Å². The van der Waals surface area contributed by atoms with Gasteiger partial charge in [-0.25, -0.2) is 4.57 Å². The SMILES string of the molecule is NC(CO)(CCc1ccc(OCCCc2ccc(O)c(O)c2)c(C(F)(F)F)c1)COP(=O)(O)O. The maximum Gasteiger partial charge on any atom is 0.469 e. The molecule has 0 aliphatic rings. The molecule has 1 atom stereocenters. The number of ether oxygens (including phenoxy) is 1. The number of phosphoric acid groups is 1. The van der Waals surface area contributed by atoms with E-state index in [1.807, 2.05) is 0 Å². The molecule has 13 heteroatoms. The van der Waals surface area contributed by atoms with E-state index in [2.05, 4.69) is 4.52 Å². The number of aromatic hydroxyl groups is 2. The number of halogens is 3. The zero-order valence-corrected chi connectivity index (χ0v) is 18.9. The van der Waals surface area contributed by atoms with Crippen molar-refractivity contribution in [3.63, 3.8) is 0 Å². The number of hydrogen-bond donors (Lipinski definition) is 6. The summed E-state index contributed by atoms with van der Waals surface area (Å²) in [4.78, 5) is 17.6. The smallest absolute Gasteiger partial charge is 0.469 e. The lowest BCUT2D eigenvalue weighted by atomic mass is 9.93. The molecule has 0 heterocycles. The molecular formula is C21H27F3NO8P. The van der Waals surface area contributed by atoms with Crippen LogP contribution in [-0.4, -0.2) is 50.5 Å². The molecule has 190 valence electrons. The van der Waals surface area contributed by atoms with Crippen LogP contribution in [0, 0.1) is 0 Å². The molecule has 0 bridgehead atoms. The van der Waals surface area contributed by atoms with E-state index in [1.54, 1.807) is 6.07 Å². The Kier molecular flexibility index (Phi) is 9.35. The van der Waals surface area contributed by atoms with Crippen LogP contribution in [-0.2, 0) is 28.1 Å². The number of aliphatic hydroxyl groups is 1.